The van der Waals surface area contributed by atoms with E-state index in [2.05, 4.69) is 15.2 Å². The van der Waals surface area contributed by atoms with E-state index in [9.17, 15) is 4.79 Å². The molecule has 0 aromatic carbocycles. The first-order valence-corrected chi connectivity index (χ1v) is 6.59. The van der Waals surface area contributed by atoms with Gasteiger partial charge in [-0.05, 0) is 6.92 Å². The number of aryl methyl sites for hydroxylation is 1. The first-order valence-electron chi connectivity index (χ1n) is 6.21. The molecule has 108 valence electrons. The average Bonchev–Trinajstić information content (AvgIpc) is 3.03. The van der Waals surface area contributed by atoms with E-state index in [0.29, 0.717) is 29.7 Å². The number of rotatable bonds is 5. The van der Waals surface area contributed by atoms with Crippen molar-refractivity contribution in [3.05, 3.63) is 29.1 Å². The van der Waals surface area contributed by atoms with Crippen LogP contribution in [0.2, 0.25) is 5.02 Å². The molecule has 0 spiro atoms. The fourth-order valence-electron chi connectivity index (χ4n) is 1.78. The zero-order valence-electron chi connectivity index (χ0n) is 11.6. The van der Waals surface area contributed by atoms with Gasteiger partial charge in [0.25, 0.3) is 0 Å². The van der Waals surface area contributed by atoms with Crippen molar-refractivity contribution in [2.75, 3.05) is 13.6 Å². The molecule has 8 heteroatoms. The summed E-state index contributed by atoms with van der Waals surface area (Å²) in [7, 11) is 1.73. The lowest BCUT2D eigenvalue weighted by Gasteiger charge is -2.20. The number of amides is 1. The Kier molecular flexibility index (Phi) is 4.39. The molecule has 2 rings (SSSR count). The van der Waals surface area contributed by atoms with Crippen molar-refractivity contribution in [1.29, 1.82) is 0 Å². The Labute approximate surface area is 121 Å². The van der Waals surface area contributed by atoms with Crippen molar-refractivity contribution in [3.63, 3.8) is 0 Å². The van der Waals surface area contributed by atoms with Crippen LogP contribution in [0, 0.1) is 6.92 Å². The predicted molar refractivity (Wildman–Crippen MR) is 72.3 cm³/mol. The van der Waals surface area contributed by atoms with Crippen molar-refractivity contribution in [1.82, 2.24) is 24.8 Å². The van der Waals surface area contributed by atoms with Crippen LogP contribution in [0.5, 0.6) is 0 Å². The first kappa shape index (κ1) is 14.5. The minimum Gasteiger partial charge on any atom is -0.343 e. The van der Waals surface area contributed by atoms with Crippen LogP contribution in [0.25, 0.3) is 0 Å². The topological polar surface area (TPSA) is 77.1 Å². The van der Waals surface area contributed by atoms with Crippen molar-refractivity contribution in [2.45, 2.75) is 26.3 Å². The number of carbonyl (C=O) groups excluding carboxylic acids is 1. The average molecular weight is 298 g/mol. The molecule has 0 N–H and O–H groups in total. The largest absolute Gasteiger partial charge is 0.343 e. The number of nitrogens with zero attached hydrogens (tertiary/aromatic N) is 5. The van der Waals surface area contributed by atoms with E-state index in [1.165, 1.54) is 6.20 Å². The second-order valence-corrected chi connectivity index (χ2v) is 4.99. The summed E-state index contributed by atoms with van der Waals surface area (Å²) < 4.78 is 6.42. The van der Waals surface area contributed by atoms with Gasteiger partial charge >= 0.3 is 0 Å². The number of hydrogen-bond donors (Lipinski definition) is 0. The summed E-state index contributed by atoms with van der Waals surface area (Å²) in [5, 5.41) is 8.34. The van der Waals surface area contributed by atoms with Crippen molar-refractivity contribution >= 4 is 17.5 Å². The Bertz CT molecular complexity index is 594. The number of halogens is 1. The smallest absolute Gasteiger partial charge is 0.246 e. The second kappa shape index (κ2) is 6.04. The van der Waals surface area contributed by atoms with Gasteiger partial charge in [-0.15, -0.1) is 0 Å². The van der Waals surface area contributed by atoms with Crippen LogP contribution in [-0.2, 0) is 11.2 Å². The molecule has 0 aliphatic carbocycles. The molecule has 0 bridgehead atoms. The molecular formula is C12H16ClN5O2. The molecule has 2 aromatic rings. The van der Waals surface area contributed by atoms with Crippen molar-refractivity contribution < 1.29 is 9.32 Å². The van der Waals surface area contributed by atoms with E-state index in [0.717, 1.165) is 0 Å². The maximum absolute atomic E-state index is 12.2. The fourth-order valence-corrected chi connectivity index (χ4v) is 1.92. The molecule has 0 saturated heterocycles. The van der Waals surface area contributed by atoms with E-state index < -0.39 is 6.04 Å². The highest BCUT2D eigenvalue weighted by Gasteiger charge is 2.20. The SMILES string of the molecule is Cc1nc(CCN(C)C(=O)C(C)n2cc(Cl)cn2)no1. The molecule has 1 atom stereocenters. The molecule has 7 nitrogen and oxygen atoms in total. The third-order valence-electron chi connectivity index (χ3n) is 2.94. The third kappa shape index (κ3) is 3.36. The second-order valence-electron chi connectivity index (χ2n) is 4.55. The van der Waals surface area contributed by atoms with Gasteiger partial charge in [-0.2, -0.15) is 10.1 Å². The van der Waals surface area contributed by atoms with Gasteiger partial charge < -0.3 is 9.42 Å². The summed E-state index contributed by atoms with van der Waals surface area (Å²) in [6, 6.07) is -0.403. The molecule has 1 unspecified atom stereocenters. The van der Waals surface area contributed by atoms with Gasteiger partial charge in [0, 0.05) is 33.1 Å². The van der Waals surface area contributed by atoms with Gasteiger partial charge in [0.1, 0.15) is 6.04 Å². The summed E-state index contributed by atoms with van der Waals surface area (Å²) in [6.45, 7) is 4.02. The Morgan fingerprint density at radius 1 is 1.60 bits per heavy atom. The molecule has 0 radical (unpaired) electrons. The molecule has 0 aliphatic rings. The molecule has 2 heterocycles. The quantitative estimate of drug-likeness (QED) is 0.835. The van der Waals surface area contributed by atoms with Crippen molar-refractivity contribution in [2.24, 2.45) is 0 Å². The number of likely N-dealkylation sites (N-methyl/N-ethyl adjacent to an activating group) is 1. The van der Waals surface area contributed by atoms with Gasteiger partial charge in [-0.25, -0.2) is 0 Å². The van der Waals surface area contributed by atoms with Gasteiger partial charge in [-0.3, -0.25) is 9.48 Å². The van der Waals surface area contributed by atoms with Crippen LogP contribution in [-0.4, -0.2) is 44.3 Å². The highest BCUT2D eigenvalue weighted by molar-refractivity contribution is 6.30. The van der Waals surface area contributed by atoms with Crippen molar-refractivity contribution in [3.8, 4) is 0 Å². The van der Waals surface area contributed by atoms with Gasteiger partial charge in [0.15, 0.2) is 5.82 Å². The summed E-state index contributed by atoms with van der Waals surface area (Å²) in [6.07, 6.45) is 3.68. The van der Waals surface area contributed by atoms with Crippen LogP contribution in [0.4, 0.5) is 0 Å². The number of carbonyl (C=O) groups is 1. The highest BCUT2D eigenvalue weighted by atomic mass is 35.5. The standard InChI is InChI=1S/C12H16ClN5O2/c1-8(18-7-10(13)6-14-18)12(19)17(3)5-4-11-15-9(2)20-16-11/h6-8H,4-5H2,1-3H3. The summed E-state index contributed by atoms with van der Waals surface area (Å²) in [4.78, 5) is 18.0. The van der Waals surface area contributed by atoms with Crippen LogP contribution >= 0.6 is 11.6 Å². The Hall–Kier alpha value is -1.89. The minimum absolute atomic E-state index is 0.0509. The lowest BCUT2D eigenvalue weighted by molar-refractivity contribution is -0.133. The number of hydrogen-bond acceptors (Lipinski definition) is 5. The summed E-state index contributed by atoms with van der Waals surface area (Å²) >= 11 is 5.80. The molecule has 0 fully saturated rings. The van der Waals surface area contributed by atoms with E-state index in [4.69, 9.17) is 16.1 Å². The molecular weight excluding hydrogens is 282 g/mol. The lowest BCUT2D eigenvalue weighted by atomic mass is 10.3. The van der Waals surface area contributed by atoms with Crippen LogP contribution < -0.4 is 0 Å². The Morgan fingerprint density at radius 3 is 2.90 bits per heavy atom. The third-order valence-corrected chi connectivity index (χ3v) is 3.14. The lowest BCUT2D eigenvalue weighted by Crippen LogP contribution is -2.34. The maximum Gasteiger partial charge on any atom is 0.246 e. The van der Waals surface area contributed by atoms with Gasteiger partial charge in [-0.1, -0.05) is 16.8 Å². The van der Waals surface area contributed by atoms with E-state index in [1.807, 2.05) is 0 Å². The number of aromatic nitrogens is 4. The van der Waals surface area contributed by atoms with Gasteiger partial charge in [0.05, 0.1) is 11.2 Å². The monoisotopic (exact) mass is 297 g/mol. The molecule has 0 saturated carbocycles. The minimum atomic E-state index is -0.403. The van der Waals surface area contributed by atoms with E-state index >= 15 is 0 Å². The molecule has 1 amide bonds. The van der Waals surface area contributed by atoms with Crippen LogP contribution in [0.3, 0.4) is 0 Å². The zero-order valence-corrected chi connectivity index (χ0v) is 12.3. The highest BCUT2D eigenvalue weighted by Crippen LogP contribution is 2.13. The van der Waals surface area contributed by atoms with Crippen LogP contribution in [0.1, 0.15) is 24.7 Å². The fraction of sp³-hybridized carbons (Fsp3) is 0.500. The maximum atomic E-state index is 12.2. The molecule has 0 aliphatic heterocycles. The normalized spacial score (nSPS) is 12.4. The summed E-state index contributed by atoms with van der Waals surface area (Å²) in [5.74, 6) is 1.07. The Morgan fingerprint density at radius 2 is 2.35 bits per heavy atom. The predicted octanol–water partition coefficient (Wildman–Crippen LogP) is 1.49. The van der Waals surface area contributed by atoms with Gasteiger partial charge in [0.2, 0.25) is 11.8 Å². The van der Waals surface area contributed by atoms with Crippen LogP contribution in [0.15, 0.2) is 16.9 Å². The zero-order chi connectivity index (χ0) is 14.7. The Balaban J connectivity index is 1.91. The summed E-state index contributed by atoms with van der Waals surface area (Å²) in [5.41, 5.74) is 0. The first-order chi connectivity index (χ1) is 9.47. The van der Waals surface area contributed by atoms with E-state index in [-0.39, 0.29) is 5.91 Å². The molecule has 20 heavy (non-hydrogen) atoms. The molecule has 2 aromatic heterocycles. The van der Waals surface area contributed by atoms with E-state index in [1.54, 1.807) is 36.7 Å².